The number of aromatic amines is 1. The van der Waals surface area contributed by atoms with Crippen LogP contribution in [-0.4, -0.2) is 15.0 Å². The number of H-pyrrole nitrogens is 1. The lowest BCUT2D eigenvalue weighted by Gasteiger charge is -1.94. The van der Waals surface area contributed by atoms with Gasteiger partial charge in [-0.25, -0.2) is 9.97 Å². The number of benzene rings is 1. The summed E-state index contributed by atoms with van der Waals surface area (Å²) in [6.07, 6.45) is 1.80. The van der Waals surface area contributed by atoms with E-state index in [4.69, 9.17) is 17.3 Å². The first-order chi connectivity index (χ1) is 8.13. The molecule has 1 aromatic carbocycles. The summed E-state index contributed by atoms with van der Waals surface area (Å²) in [5.74, 6) is 0.777. The zero-order valence-corrected chi connectivity index (χ0v) is 10.6. The van der Waals surface area contributed by atoms with Gasteiger partial charge in [-0.05, 0) is 19.1 Å². The smallest absolute Gasteiger partial charge is 0.150 e. The molecule has 0 amide bonds. The molecule has 0 saturated heterocycles. The van der Waals surface area contributed by atoms with E-state index in [0.29, 0.717) is 10.7 Å². The SMILES string of the molecule is Cc1ncc(-c2nc3c(N)cc(Cl)cc3[nH]2)s1. The summed E-state index contributed by atoms with van der Waals surface area (Å²) in [6, 6.07) is 3.52. The Balaban J connectivity index is 2.23. The largest absolute Gasteiger partial charge is 0.397 e. The normalized spacial score (nSPS) is 11.2. The number of rotatable bonds is 1. The van der Waals surface area contributed by atoms with Gasteiger partial charge in [-0.15, -0.1) is 11.3 Å². The molecule has 3 rings (SSSR count). The zero-order chi connectivity index (χ0) is 12.0. The number of anilines is 1. The predicted octanol–water partition coefficient (Wildman–Crippen LogP) is 3.23. The molecule has 4 nitrogen and oxygen atoms in total. The van der Waals surface area contributed by atoms with Crippen LogP contribution in [0.3, 0.4) is 0 Å². The molecule has 0 saturated carbocycles. The summed E-state index contributed by atoms with van der Waals surface area (Å²) in [6.45, 7) is 1.96. The van der Waals surface area contributed by atoms with Crippen LogP contribution in [0.15, 0.2) is 18.3 Å². The molecule has 86 valence electrons. The fourth-order valence-corrected chi connectivity index (χ4v) is 2.64. The zero-order valence-electron chi connectivity index (χ0n) is 8.99. The van der Waals surface area contributed by atoms with Crippen LogP contribution in [-0.2, 0) is 0 Å². The quantitative estimate of drug-likeness (QED) is 0.663. The molecule has 0 unspecified atom stereocenters. The molecule has 0 aliphatic rings. The van der Waals surface area contributed by atoms with Gasteiger partial charge in [-0.2, -0.15) is 0 Å². The molecule has 0 fully saturated rings. The molecular formula is C11H9ClN4S. The molecule has 17 heavy (non-hydrogen) atoms. The number of thiazole rings is 1. The topological polar surface area (TPSA) is 67.6 Å². The van der Waals surface area contributed by atoms with Crippen molar-refractivity contribution in [3.8, 4) is 10.7 Å². The van der Waals surface area contributed by atoms with E-state index in [1.54, 1.807) is 23.6 Å². The van der Waals surface area contributed by atoms with Gasteiger partial charge in [0.25, 0.3) is 0 Å². The van der Waals surface area contributed by atoms with Gasteiger partial charge in [0.2, 0.25) is 0 Å². The second-order valence-electron chi connectivity index (χ2n) is 3.72. The highest BCUT2D eigenvalue weighted by molar-refractivity contribution is 7.14. The maximum Gasteiger partial charge on any atom is 0.150 e. The lowest BCUT2D eigenvalue weighted by Crippen LogP contribution is -1.86. The molecule has 2 heterocycles. The summed E-state index contributed by atoms with van der Waals surface area (Å²) >= 11 is 7.53. The number of hydrogen-bond acceptors (Lipinski definition) is 4. The number of nitrogen functional groups attached to an aromatic ring is 1. The highest BCUT2D eigenvalue weighted by atomic mass is 35.5. The number of fused-ring (bicyclic) bond motifs is 1. The van der Waals surface area contributed by atoms with Crippen LogP contribution >= 0.6 is 22.9 Å². The Morgan fingerprint density at radius 2 is 2.24 bits per heavy atom. The second kappa shape index (κ2) is 3.72. The standard InChI is InChI=1S/C11H9ClN4S/c1-5-14-4-9(17-5)11-15-8-3-6(12)2-7(13)10(8)16-11/h2-4H,13H2,1H3,(H,15,16). The fraction of sp³-hybridized carbons (Fsp3) is 0.0909. The third-order valence-corrected chi connectivity index (χ3v) is 3.57. The van der Waals surface area contributed by atoms with Crippen molar-refractivity contribution in [2.75, 3.05) is 5.73 Å². The minimum absolute atomic E-state index is 0.580. The van der Waals surface area contributed by atoms with Crippen molar-refractivity contribution >= 4 is 39.7 Å². The van der Waals surface area contributed by atoms with Crippen molar-refractivity contribution < 1.29 is 0 Å². The highest BCUT2D eigenvalue weighted by Crippen LogP contribution is 2.29. The van der Waals surface area contributed by atoms with Crippen molar-refractivity contribution in [1.29, 1.82) is 0 Å². The second-order valence-corrected chi connectivity index (χ2v) is 5.39. The lowest BCUT2D eigenvalue weighted by atomic mass is 10.3. The van der Waals surface area contributed by atoms with E-state index >= 15 is 0 Å². The van der Waals surface area contributed by atoms with E-state index in [2.05, 4.69) is 15.0 Å². The lowest BCUT2D eigenvalue weighted by molar-refractivity contribution is 1.28. The Morgan fingerprint density at radius 1 is 1.41 bits per heavy atom. The third kappa shape index (κ3) is 1.77. The highest BCUT2D eigenvalue weighted by Gasteiger charge is 2.10. The van der Waals surface area contributed by atoms with Gasteiger partial charge in [0, 0.05) is 11.2 Å². The van der Waals surface area contributed by atoms with E-state index in [1.165, 1.54) is 0 Å². The van der Waals surface area contributed by atoms with Crippen LogP contribution in [0.4, 0.5) is 5.69 Å². The fourth-order valence-electron chi connectivity index (χ4n) is 1.70. The Bertz CT molecular complexity index is 701. The molecule has 3 aromatic rings. The Hall–Kier alpha value is -1.59. The van der Waals surface area contributed by atoms with Crippen LogP contribution < -0.4 is 5.73 Å². The van der Waals surface area contributed by atoms with E-state index in [9.17, 15) is 0 Å². The molecule has 2 aromatic heterocycles. The molecule has 0 radical (unpaired) electrons. The van der Waals surface area contributed by atoms with E-state index < -0.39 is 0 Å². The number of hydrogen-bond donors (Lipinski definition) is 2. The Morgan fingerprint density at radius 3 is 2.94 bits per heavy atom. The Kier molecular flexibility index (Phi) is 2.31. The number of nitrogens with zero attached hydrogens (tertiary/aromatic N) is 2. The summed E-state index contributed by atoms with van der Waals surface area (Å²) < 4.78 is 0. The molecule has 0 bridgehead atoms. The van der Waals surface area contributed by atoms with Crippen LogP contribution in [0.25, 0.3) is 21.7 Å². The van der Waals surface area contributed by atoms with Gasteiger partial charge in [0.1, 0.15) is 11.3 Å². The number of nitrogens with two attached hydrogens (primary N) is 1. The molecular weight excluding hydrogens is 256 g/mol. The van der Waals surface area contributed by atoms with E-state index in [-0.39, 0.29) is 0 Å². The third-order valence-electron chi connectivity index (χ3n) is 2.44. The predicted molar refractivity (Wildman–Crippen MR) is 71.4 cm³/mol. The minimum Gasteiger partial charge on any atom is -0.397 e. The van der Waals surface area contributed by atoms with Crippen molar-refractivity contribution in [2.45, 2.75) is 6.92 Å². The summed E-state index contributed by atoms with van der Waals surface area (Å²) in [4.78, 5) is 12.9. The minimum atomic E-state index is 0.580. The van der Waals surface area contributed by atoms with Gasteiger partial charge >= 0.3 is 0 Å². The molecule has 3 N–H and O–H groups in total. The average Bonchev–Trinajstić information content (AvgIpc) is 2.83. The van der Waals surface area contributed by atoms with Crippen LogP contribution in [0.1, 0.15) is 5.01 Å². The van der Waals surface area contributed by atoms with Gasteiger partial charge < -0.3 is 10.7 Å². The molecule has 6 heteroatoms. The van der Waals surface area contributed by atoms with E-state index in [0.717, 1.165) is 26.7 Å². The van der Waals surface area contributed by atoms with Gasteiger partial charge in [0.15, 0.2) is 0 Å². The van der Waals surface area contributed by atoms with Crippen LogP contribution in [0, 0.1) is 6.92 Å². The van der Waals surface area contributed by atoms with Gasteiger partial charge in [-0.1, -0.05) is 11.6 Å². The van der Waals surface area contributed by atoms with E-state index in [1.807, 2.05) is 13.0 Å². The van der Waals surface area contributed by atoms with Gasteiger partial charge in [-0.3, -0.25) is 0 Å². The first-order valence-electron chi connectivity index (χ1n) is 5.01. The van der Waals surface area contributed by atoms with Crippen molar-refractivity contribution in [3.63, 3.8) is 0 Å². The molecule has 0 atom stereocenters. The van der Waals surface area contributed by atoms with Gasteiger partial charge in [0.05, 0.1) is 21.1 Å². The molecule has 0 spiro atoms. The molecule has 0 aliphatic carbocycles. The summed E-state index contributed by atoms with van der Waals surface area (Å²) in [5.41, 5.74) is 8.04. The molecule has 0 aliphatic heterocycles. The number of aromatic nitrogens is 3. The van der Waals surface area contributed by atoms with Crippen LogP contribution in [0.2, 0.25) is 5.02 Å². The van der Waals surface area contributed by atoms with Crippen molar-refractivity contribution in [2.24, 2.45) is 0 Å². The van der Waals surface area contributed by atoms with Crippen molar-refractivity contribution in [1.82, 2.24) is 15.0 Å². The van der Waals surface area contributed by atoms with Crippen LogP contribution in [0.5, 0.6) is 0 Å². The Labute approximate surface area is 106 Å². The first-order valence-corrected chi connectivity index (χ1v) is 6.20. The van der Waals surface area contributed by atoms with Crippen molar-refractivity contribution in [3.05, 3.63) is 28.4 Å². The summed E-state index contributed by atoms with van der Waals surface area (Å²) in [7, 11) is 0. The number of aryl methyl sites for hydroxylation is 1. The number of halogens is 1. The maximum absolute atomic E-state index is 5.95. The maximum atomic E-state index is 5.95. The number of nitrogens with one attached hydrogen (secondary N) is 1. The monoisotopic (exact) mass is 264 g/mol. The average molecular weight is 265 g/mol. The first kappa shape index (κ1) is 10.6. The summed E-state index contributed by atoms with van der Waals surface area (Å²) in [5, 5.41) is 1.61. The number of imidazole rings is 1.